The van der Waals surface area contributed by atoms with Crippen molar-refractivity contribution >= 4 is 28.3 Å². The van der Waals surface area contributed by atoms with E-state index in [4.69, 9.17) is 0 Å². The van der Waals surface area contributed by atoms with E-state index in [1.165, 1.54) is 11.8 Å². The first-order valence-corrected chi connectivity index (χ1v) is 8.04. The predicted molar refractivity (Wildman–Crippen MR) is 97.4 cm³/mol. The lowest BCUT2D eigenvalue weighted by Gasteiger charge is -2.10. The number of carbonyl (C=O) groups excluding carboxylic acids is 2. The van der Waals surface area contributed by atoms with Gasteiger partial charge in [0.2, 0.25) is 0 Å². The number of hydrogen-bond acceptors (Lipinski definition) is 5. The minimum absolute atomic E-state index is 0.166. The molecule has 0 aliphatic carbocycles. The Bertz CT molecular complexity index is 1040. The molecule has 3 aromatic rings. The van der Waals surface area contributed by atoms with Gasteiger partial charge >= 0.3 is 5.97 Å². The van der Waals surface area contributed by atoms with Gasteiger partial charge in [-0.25, -0.2) is 9.48 Å². The normalized spacial score (nSPS) is 10.5. The number of methoxy groups -OCH3 is 1. The van der Waals surface area contributed by atoms with E-state index in [1.54, 1.807) is 55.5 Å². The lowest BCUT2D eigenvalue weighted by atomic mass is 10.1. The minimum atomic E-state index is -0.453. The van der Waals surface area contributed by atoms with Crippen molar-refractivity contribution in [2.45, 2.75) is 13.5 Å². The summed E-state index contributed by atoms with van der Waals surface area (Å²) in [6, 6.07) is 13.2. The van der Waals surface area contributed by atoms with Crippen molar-refractivity contribution < 1.29 is 14.3 Å². The third-order valence-corrected chi connectivity index (χ3v) is 3.95. The molecule has 7 heteroatoms. The van der Waals surface area contributed by atoms with Crippen molar-refractivity contribution in [3.8, 4) is 0 Å². The van der Waals surface area contributed by atoms with Crippen LogP contribution in [0, 0.1) is 0 Å². The van der Waals surface area contributed by atoms with Crippen LogP contribution in [0.1, 0.15) is 27.8 Å². The number of benzene rings is 2. The number of amides is 1. The molecule has 7 nitrogen and oxygen atoms in total. The molecule has 0 saturated carbocycles. The van der Waals surface area contributed by atoms with Crippen molar-refractivity contribution in [3.05, 3.63) is 70.1 Å². The van der Waals surface area contributed by atoms with Crippen LogP contribution in [-0.4, -0.2) is 28.8 Å². The number of anilines is 1. The summed E-state index contributed by atoms with van der Waals surface area (Å²) in [5, 5.41) is 7.86. The van der Waals surface area contributed by atoms with Crippen LogP contribution in [0.3, 0.4) is 0 Å². The first-order valence-electron chi connectivity index (χ1n) is 8.04. The van der Waals surface area contributed by atoms with Crippen molar-refractivity contribution in [1.29, 1.82) is 0 Å². The monoisotopic (exact) mass is 351 g/mol. The quantitative estimate of drug-likeness (QED) is 0.729. The van der Waals surface area contributed by atoms with Gasteiger partial charge < -0.3 is 10.1 Å². The van der Waals surface area contributed by atoms with Gasteiger partial charge in [-0.15, -0.1) is 0 Å². The van der Waals surface area contributed by atoms with Crippen molar-refractivity contribution in [2.75, 3.05) is 12.4 Å². The van der Waals surface area contributed by atoms with Gasteiger partial charge in [-0.1, -0.05) is 18.2 Å². The van der Waals surface area contributed by atoms with E-state index in [1.807, 2.05) is 0 Å². The predicted octanol–water partition coefficient (Wildman–Crippen LogP) is 2.46. The molecule has 26 heavy (non-hydrogen) atoms. The highest BCUT2D eigenvalue weighted by Crippen LogP contribution is 2.16. The number of carbonyl (C=O) groups is 2. The molecule has 132 valence electrons. The largest absolute Gasteiger partial charge is 0.465 e. The molecule has 1 N–H and O–H groups in total. The van der Waals surface area contributed by atoms with Crippen LogP contribution in [-0.2, 0) is 11.3 Å². The number of nitrogens with one attached hydrogen (secondary N) is 1. The fourth-order valence-corrected chi connectivity index (χ4v) is 2.61. The molecule has 1 heterocycles. The molecule has 0 aliphatic heterocycles. The topological polar surface area (TPSA) is 90.3 Å². The van der Waals surface area contributed by atoms with Gasteiger partial charge in [0.1, 0.15) is 0 Å². The van der Waals surface area contributed by atoms with Gasteiger partial charge in [-0.05, 0) is 37.3 Å². The summed E-state index contributed by atoms with van der Waals surface area (Å²) in [5.41, 5.74) is 0.817. The lowest BCUT2D eigenvalue weighted by Crippen LogP contribution is -2.27. The molecule has 0 fully saturated rings. The van der Waals surface area contributed by atoms with Gasteiger partial charge in [0.25, 0.3) is 11.5 Å². The zero-order valence-electron chi connectivity index (χ0n) is 14.4. The van der Waals surface area contributed by atoms with Crippen LogP contribution in [0.15, 0.2) is 53.3 Å². The zero-order valence-corrected chi connectivity index (χ0v) is 14.4. The Hall–Kier alpha value is -3.48. The Labute approximate surface area is 149 Å². The number of nitrogens with zero attached hydrogens (tertiary/aromatic N) is 2. The van der Waals surface area contributed by atoms with Crippen LogP contribution in [0.5, 0.6) is 0 Å². The number of esters is 1. The van der Waals surface area contributed by atoms with Crippen molar-refractivity contribution in [3.63, 3.8) is 0 Å². The van der Waals surface area contributed by atoms with E-state index in [-0.39, 0.29) is 11.3 Å². The van der Waals surface area contributed by atoms with E-state index in [2.05, 4.69) is 15.2 Å². The maximum Gasteiger partial charge on any atom is 0.337 e. The van der Waals surface area contributed by atoms with Gasteiger partial charge in [-0.2, -0.15) is 5.10 Å². The molecule has 2 aromatic carbocycles. The number of hydrogen-bond donors (Lipinski definition) is 1. The second kappa shape index (κ2) is 7.18. The van der Waals surface area contributed by atoms with Gasteiger partial charge in [0, 0.05) is 17.6 Å². The summed E-state index contributed by atoms with van der Waals surface area (Å²) in [5.74, 6) is -0.889. The fourth-order valence-electron chi connectivity index (χ4n) is 2.61. The summed E-state index contributed by atoms with van der Waals surface area (Å²) < 4.78 is 5.90. The molecular weight excluding hydrogens is 334 g/mol. The second-order valence-electron chi connectivity index (χ2n) is 5.54. The number of fused-ring (bicyclic) bond motifs is 1. The standard InChI is InChI=1S/C19H17N3O4/c1-3-22-18(24)15-7-5-4-6-14(15)16(21-22)17(23)20-13-10-8-12(9-11-13)19(25)26-2/h4-11H,3H2,1-2H3,(H,20,23). The smallest absolute Gasteiger partial charge is 0.337 e. The second-order valence-corrected chi connectivity index (χ2v) is 5.54. The molecule has 0 atom stereocenters. The average molecular weight is 351 g/mol. The third kappa shape index (κ3) is 3.19. The van der Waals surface area contributed by atoms with E-state index < -0.39 is 11.9 Å². The number of aryl methyl sites for hydroxylation is 1. The van der Waals surface area contributed by atoms with E-state index in [0.717, 1.165) is 0 Å². The third-order valence-electron chi connectivity index (χ3n) is 3.95. The summed E-state index contributed by atoms with van der Waals surface area (Å²) in [6.07, 6.45) is 0. The number of aromatic nitrogens is 2. The summed E-state index contributed by atoms with van der Waals surface area (Å²) in [4.78, 5) is 36.5. The zero-order chi connectivity index (χ0) is 18.7. The molecule has 1 amide bonds. The highest BCUT2D eigenvalue weighted by Gasteiger charge is 2.16. The van der Waals surface area contributed by atoms with E-state index in [9.17, 15) is 14.4 Å². The van der Waals surface area contributed by atoms with E-state index >= 15 is 0 Å². The van der Waals surface area contributed by atoms with Crippen molar-refractivity contribution in [1.82, 2.24) is 9.78 Å². The maximum atomic E-state index is 12.7. The van der Waals surface area contributed by atoms with Crippen LogP contribution in [0.2, 0.25) is 0 Å². The molecule has 0 bridgehead atoms. The summed E-state index contributed by atoms with van der Waals surface area (Å²) in [7, 11) is 1.30. The number of rotatable bonds is 4. The molecule has 0 aliphatic rings. The highest BCUT2D eigenvalue weighted by molar-refractivity contribution is 6.11. The maximum absolute atomic E-state index is 12.7. The van der Waals surface area contributed by atoms with Crippen LogP contribution >= 0.6 is 0 Å². The lowest BCUT2D eigenvalue weighted by molar-refractivity contribution is 0.0600. The molecule has 0 unspecified atom stereocenters. The first kappa shape index (κ1) is 17.3. The Kier molecular flexibility index (Phi) is 4.79. The summed E-state index contributed by atoms with van der Waals surface area (Å²) in [6.45, 7) is 2.15. The Morgan fingerprint density at radius 3 is 2.35 bits per heavy atom. The molecule has 0 spiro atoms. The molecule has 1 aromatic heterocycles. The van der Waals surface area contributed by atoms with Crippen LogP contribution < -0.4 is 10.9 Å². The van der Waals surface area contributed by atoms with Crippen LogP contribution in [0.4, 0.5) is 5.69 Å². The van der Waals surface area contributed by atoms with Gasteiger partial charge in [-0.3, -0.25) is 9.59 Å². The summed E-state index contributed by atoms with van der Waals surface area (Å²) >= 11 is 0. The molecule has 3 rings (SSSR count). The molecular formula is C19H17N3O4. The Morgan fingerprint density at radius 1 is 1.08 bits per heavy atom. The molecule has 0 radical (unpaired) electrons. The average Bonchev–Trinajstić information content (AvgIpc) is 2.68. The first-order chi connectivity index (χ1) is 12.5. The molecule has 0 saturated heterocycles. The Morgan fingerprint density at radius 2 is 1.73 bits per heavy atom. The van der Waals surface area contributed by atoms with Crippen molar-refractivity contribution in [2.24, 2.45) is 0 Å². The van der Waals surface area contributed by atoms with Gasteiger partial charge in [0.05, 0.1) is 18.1 Å². The Balaban J connectivity index is 1.96. The highest BCUT2D eigenvalue weighted by atomic mass is 16.5. The van der Waals surface area contributed by atoms with Crippen LogP contribution in [0.25, 0.3) is 10.8 Å². The van der Waals surface area contributed by atoms with Gasteiger partial charge in [0.15, 0.2) is 5.69 Å². The minimum Gasteiger partial charge on any atom is -0.465 e. The van der Waals surface area contributed by atoms with E-state index in [0.29, 0.717) is 28.6 Å². The SMILES string of the molecule is CCn1nc(C(=O)Nc2ccc(C(=O)OC)cc2)c2ccccc2c1=O. The fraction of sp³-hybridized carbons (Fsp3) is 0.158. The number of ether oxygens (including phenoxy) is 1.